The van der Waals surface area contributed by atoms with Crippen LogP contribution in [0, 0.1) is 26.7 Å². The zero-order valence-corrected chi connectivity index (χ0v) is 13.6. The first-order valence-corrected chi connectivity index (χ1v) is 7.90. The van der Waals surface area contributed by atoms with E-state index in [9.17, 15) is 5.11 Å². The molecule has 0 bridgehead atoms. The molecule has 0 amide bonds. The number of hydrogen-bond donors (Lipinski definition) is 1. The molecule has 0 aliphatic carbocycles. The van der Waals surface area contributed by atoms with Crippen LogP contribution in [0.2, 0.25) is 0 Å². The van der Waals surface area contributed by atoms with E-state index in [1.165, 1.54) is 29.5 Å². The molecular weight excluding hydrogens is 246 g/mol. The van der Waals surface area contributed by atoms with E-state index >= 15 is 0 Å². The Morgan fingerprint density at radius 3 is 2.35 bits per heavy atom. The minimum Gasteiger partial charge on any atom is -0.387 e. The van der Waals surface area contributed by atoms with Crippen LogP contribution in [0.3, 0.4) is 0 Å². The summed E-state index contributed by atoms with van der Waals surface area (Å²) in [6, 6.07) is 4.99. The van der Waals surface area contributed by atoms with Gasteiger partial charge in [0.2, 0.25) is 0 Å². The Morgan fingerprint density at radius 2 is 1.80 bits per heavy atom. The van der Waals surface area contributed by atoms with Gasteiger partial charge in [-0.3, -0.25) is 4.90 Å². The van der Waals surface area contributed by atoms with Crippen molar-refractivity contribution in [3.05, 3.63) is 34.4 Å². The van der Waals surface area contributed by atoms with Gasteiger partial charge in [-0.2, -0.15) is 0 Å². The van der Waals surface area contributed by atoms with Crippen LogP contribution in [0.5, 0.6) is 0 Å². The summed E-state index contributed by atoms with van der Waals surface area (Å²) in [6.07, 6.45) is 2.17. The molecule has 0 radical (unpaired) electrons. The zero-order chi connectivity index (χ0) is 14.9. The molecule has 2 unspecified atom stereocenters. The molecule has 0 spiro atoms. The highest BCUT2D eigenvalue weighted by molar-refractivity contribution is 5.39. The molecule has 1 aliphatic heterocycles. The summed E-state index contributed by atoms with van der Waals surface area (Å²) in [5.41, 5.74) is 4.84. The lowest BCUT2D eigenvalue weighted by Gasteiger charge is -2.30. The molecule has 2 heteroatoms. The van der Waals surface area contributed by atoms with E-state index in [0.29, 0.717) is 12.0 Å². The highest BCUT2D eigenvalue weighted by Crippen LogP contribution is 2.29. The summed E-state index contributed by atoms with van der Waals surface area (Å²) in [7, 11) is 0. The van der Waals surface area contributed by atoms with Crippen LogP contribution in [0.4, 0.5) is 0 Å². The minimum absolute atomic E-state index is 0.366. The molecular formula is C18H29NO. The van der Waals surface area contributed by atoms with Crippen LogP contribution in [0.25, 0.3) is 0 Å². The van der Waals surface area contributed by atoms with E-state index < -0.39 is 0 Å². The lowest BCUT2D eigenvalue weighted by atomic mass is 9.94. The van der Waals surface area contributed by atoms with E-state index in [-0.39, 0.29) is 6.10 Å². The SMILES string of the molecule is Cc1cc(C)c(C(O)CN2CCCC2C(C)C)c(C)c1. The Balaban J connectivity index is 2.14. The molecule has 1 heterocycles. The molecule has 2 nitrogen and oxygen atoms in total. The molecule has 20 heavy (non-hydrogen) atoms. The van der Waals surface area contributed by atoms with Gasteiger partial charge in [-0.05, 0) is 62.8 Å². The van der Waals surface area contributed by atoms with E-state index in [1.54, 1.807) is 0 Å². The van der Waals surface area contributed by atoms with E-state index in [2.05, 4.69) is 51.7 Å². The number of aryl methyl sites for hydroxylation is 3. The van der Waals surface area contributed by atoms with Crippen LogP contribution < -0.4 is 0 Å². The summed E-state index contributed by atoms with van der Waals surface area (Å²) in [5, 5.41) is 10.7. The Hall–Kier alpha value is -0.860. The Labute approximate surface area is 123 Å². The van der Waals surface area contributed by atoms with E-state index in [0.717, 1.165) is 18.7 Å². The van der Waals surface area contributed by atoms with Crippen molar-refractivity contribution < 1.29 is 5.11 Å². The number of hydrogen-bond acceptors (Lipinski definition) is 2. The first-order valence-electron chi connectivity index (χ1n) is 7.90. The monoisotopic (exact) mass is 275 g/mol. The van der Waals surface area contributed by atoms with Gasteiger partial charge in [0, 0.05) is 12.6 Å². The second-order valence-electron chi connectivity index (χ2n) is 6.78. The Kier molecular flexibility index (Phi) is 4.87. The highest BCUT2D eigenvalue weighted by Gasteiger charge is 2.29. The van der Waals surface area contributed by atoms with Gasteiger partial charge in [0.15, 0.2) is 0 Å². The van der Waals surface area contributed by atoms with Crippen LogP contribution >= 0.6 is 0 Å². The fourth-order valence-electron chi connectivity index (χ4n) is 3.86. The molecule has 1 fully saturated rings. The number of likely N-dealkylation sites (tertiary alicyclic amines) is 1. The van der Waals surface area contributed by atoms with Gasteiger partial charge in [0.1, 0.15) is 0 Å². The number of aliphatic hydroxyl groups is 1. The molecule has 1 N–H and O–H groups in total. The standard InChI is InChI=1S/C18H29NO/c1-12(2)16-7-6-8-19(16)11-17(20)18-14(4)9-13(3)10-15(18)5/h9-10,12,16-17,20H,6-8,11H2,1-5H3. The second-order valence-corrected chi connectivity index (χ2v) is 6.78. The number of benzene rings is 1. The second kappa shape index (κ2) is 6.28. The maximum atomic E-state index is 10.7. The van der Waals surface area contributed by atoms with Crippen LogP contribution in [-0.4, -0.2) is 29.1 Å². The van der Waals surface area contributed by atoms with Gasteiger partial charge < -0.3 is 5.11 Å². The predicted molar refractivity (Wildman–Crippen MR) is 85.0 cm³/mol. The quantitative estimate of drug-likeness (QED) is 0.904. The third kappa shape index (κ3) is 3.24. The minimum atomic E-state index is -0.366. The van der Waals surface area contributed by atoms with Crippen LogP contribution in [0.15, 0.2) is 12.1 Å². The molecule has 1 aliphatic rings. The molecule has 0 aromatic heterocycles. The third-order valence-corrected chi connectivity index (χ3v) is 4.66. The highest BCUT2D eigenvalue weighted by atomic mass is 16.3. The van der Waals surface area contributed by atoms with Crippen molar-refractivity contribution >= 4 is 0 Å². The first kappa shape index (κ1) is 15.5. The van der Waals surface area contributed by atoms with Gasteiger partial charge in [-0.1, -0.05) is 31.5 Å². The lowest BCUT2D eigenvalue weighted by Crippen LogP contribution is -2.36. The van der Waals surface area contributed by atoms with Crippen molar-refractivity contribution in [1.82, 2.24) is 4.90 Å². The topological polar surface area (TPSA) is 23.5 Å². The summed E-state index contributed by atoms with van der Waals surface area (Å²) in [4.78, 5) is 2.48. The van der Waals surface area contributed by atoms with Crippen molar-refractivity contribution in [2.24, 2.45) is 5.92 Å². The molecule has 2 rings (SSSR count). The number of nitrogens with zero attached hydrogens (tertiary/aromatic N) is 1. The number of aliphatic hydroxyl groups excluding tert-OH is 1. The maximum absolute atomic E-state index is 10.7. The Morgan fingerprint density at radius 1 is 1.20 bits per heavy atom. The van der Waals surface area contributed by atoms with Gasteiger partial charge in [-0.15, -0.1) is 0 Å². The average molecular weight is 275 g/mol. The molecule has 112 valence electrons. The van der Waals surface area contributed by atoms with Gasteiger partial charge >= 0.3 is 0 Å². The summed E-state index contributed by atoms with van der Waals surface area (Å²) < 4.78 is 0. The fraction of sp³-hybridized carbons (Fsp3) is 0.667. The van der Waals surface area contributed by atoms with E-state index in [4.69, 9.17) is 0 Å². The molecule has 1 aromatic rings. The largest absolute Gasteiger partial charge is 0.387 e. The van der Waals surface area contributed by atoms with Crippen LogP contribution in [-0.2, 0) is 0 Å². The normalized spacial score (nSPS) is 21.6. The van der Waals surface area contributed by atoms with Crippen molar-refractivity contribution in [3.8, 4) is 0 Å². The average Bonchev–Trinajstić information content (AvgIpc) is 2.75. The number of β-amino-alcohol motifs (C(OH)–C–C–N with tert-alkyl or cyclic N) is 1. The first-order chi connectivity index (χ1) is 9.40. The Bertz CT molecular complexity index is 443. The third-order valence-electron chi connectivity index (χ3n) is 4.66. The maximum Gasteiger partial charge on any atom is 0.0922 e. The van der Waals surface area contributed by atoms with Crippen LogP contribution in [0.1, 0.15) is 55.0 Å². The number of rotatable bonds is 4. The van der Waals surface area contributed by atoms with Crippen molar-refractivity contribution in [2.75, 3.05) is 13.1 Å². The van der Waals surface area contributed by atoms with Crippen molar-refractivity contribution in [2.45, 2.75) is 59.6 Å². The molecule has 0 saturated carbocycles. The van der Waals surface area contributed by atoms with Crippen molar-refractivity contribution in [3.63, 3.8) is 0 Å². The molecule has 2 atom stereocenters. The zero-order valence-electron chi connectivity index (χ0n) is 13.6. The van der Waals surface area contributed by atoms with Gasteiger partial charge in [-0.25, -0.2) is 0 Å². The van der Waals surface area contributed by atoms with Crippen molar-refractivity contribution in [1.29, 1.82) is 0 Å². The fourth-order valence-corrected chi connectivity index (χ4v) is 3.86. The summed E-state index contributed by atoms with van der Waals surface area (Å²) in [5.74, 6) is 0.671. The summed E-state index contributed by atoms with van der Waals surface area (Å²) >= 11 is 0. The predicted octanol–water partition coefficient (Wildman–Crippen LogP) is 3.77. The van der Waals surface area contributed by atoms with E-state index in [1.807, 2.05) is 0 Å². The molecule has 1 saturated heterocycles. The smallest absolute Gasteiger partial charge is 0.0922 e. The summed E-state index contributed by atoms with van der Waals surface area (Å²) in [6.45, 7) is 12.8. The van der Waals surface area contributed by atoms with Gasteiger partial charge in [0.05, 0.1) is 6.10 Å². The molecule has 1 aromatic carbocycles. The lowest BCUT2D eigenvalue weighted by molar-refractivity contribution is 0.0931. The van der Waals surface area contributed by atoms with Gasteiger partial charge in [0.25, 0.3) is 0 Å².